The number of halogens is 3. The van der Waals surface area contributed by atoms with E-state index in [1.165, 1.54) is 0 Å². The highest BCUT2D eigenvalue weighted by molar-refractivity contribution is 8.16. The van der Waals surface area contributed by atoms with Gasteiger partial charge in [0.1, 0.15) is 39.6 Å². The van der Waals surface area contributed by atoms with Gasteiger partial charge in [-0.2, -0.15) is 13.5 Å². The van der Waals surface area contributed by atoms with Crippen LogP contribution in [0.2, 0.25) is 0 Å². The lowest BCUT2D eigenvalue weighted by Gasteiger charge is -2.32. The lowest BCUT2D eigenvalue weighted by atomic mass is 10.3. The van der Waals surface area contributed by atoms with Gasteiger partial charge in [-0.1, -0.05) is 0 Å². The smallest absolute Gasteiger partial charge is 0.267 e. The van der Waals surface area contributed by atoms with E-state index in [1.807, 2.05) is 36.4 Å². The van der Waals surface area contributed by atoms with Crippen LogP contribution in [0.5, 0.6) is 34.5 Å². The maximum Gasteiger partial charge on any atom is 0.267 e. The molecule has 0 amide bonds. The molecule has 7 rings (SSSR count). The third-order valence-electron chi connectivity index (χ3n) is 6.18. The van der Waals surface area contributed by atoms with Gasteiger partial charge in [-0.25, -0.2) is 0 Å². The van der Waals surface area contributed by atoms with E-state index < -0.39 is 20.1 Å². The summed E-state index contributed by atoms with van der Waals surface area (Å²) in [4.78, 5) is 0. The Bertz CT molecular complexity index is 1670. The third-order valence-corrected chi connectivity index (χ3v) is 17.5. The van der Waals surface area contributed by atoms with Crippen LogP contribution in [0.1, 0.15) is 0 Å². The van der Waals surface area contributed by atoms with Crippen LogP contribution in [-0.4, -0.2) is 39.6 Å². The average molecular weight is 692 g/mol. The number of hydrogen-bond acceptors (Lipinski definition) is 12. The second-order valence-electron chi connectivity index (χ2n) is 9.26. The molecule has 4 aliphatic heterocycles. The van der Waals surface area contributed by atoms with Gasteiger partial charge in [-0.05, 0) is 70.1 Å². The molecule has 3 aromatic carbocycles. The van der Waals surface area contributed by atoms with Crippen molar-refractivity contribution in [1.29, 1.82) is 0 Å². The summed E-state index contributed by atoms with van der Waals surface area (Å²) >= 11 is 20.7. The van der Waals surface area contributed by atoms with Crippen molar-refractivity contribution in [2.24, 2.45) is 13.5 Å². The molecule has 4 aliphatic rings. The van der Waals surface area contributed by atoms with Gasteiger partial charge in [0.15, 0.2) is 34.5 Å². The van der Waals surface area contributed by atoms with Crippen molar-refractivity contribution < 1.29 is 28.4 Å². The topological polar surface area (TPSA) is 129 Å². The molecule has 0 bridgehead atoms. The second kappa shape index (κ2) is 11.2. The van der Waals surface area contributed by atoms with Crippen molar-refractivity contribution in [1.82, 2.24) is 0 Å². The average Bonchev–Trinajstić information content (AvgIpc) is 2.95. The van der Waals surface area contributed by atoms with E-state index in [-0.39, 0.29) is 0 Å². The lowest BCUT2D eigenvalue weighted by molar-refractivity contribution is 0.171. The SMILES string of the molecule is ClP1(Cl)=NP(Cl)(Nc2ccc3c(c2)OCCO3)=NP(Nc2ccc3c(c2)OCCO3)(Nc2ccc3c(c2)OCCO3)=N1. The maximum atomic E-state index is 7.18. The van der Waals surface area contributed by atoms with Gasteiger partial charge in [0.05, 0.1) is 0 Å². The molecule has 18 heteroatoms. The van der Waals surface area contributed by atoms with E-state index in [0.717, 1.165) is 0 Å². The highest BCUT2D eigenvalue weighted by Gasteiger charge is 2.36. The van der Waals surface area contributed by atoms with Crippen molar-refractivity contribution in [3.8, 4) is 34.5 Å². The number of nitrogens with one attached hydrogen (secondary N) is 3. The summed E-state index contributed by atoms with van der Waals surface area (Å²) in [5.41, 5.74) is 1.90. The Hall–Kier alpha value is -2.58. The van der Waals surface area contributed by atoms with Crippen molar-refractivity contribution in [3.05, 3.63) is 54.6 Å². The molecule has 3 aromatic rings. The Morgan fingerprint density at radius 2 is 0.857 bits per heavy atom. The summed E-state index contributed by atoms with van der Waals surface area (Å²) in [7, 11) is -3.26. The molecule has 1 unspecified atom stereocenters. The number of ether oxygens (including phenoxy) is 6. The van der Waals surface area contributed by atoms with Crippen molar-refractivity contribution >= 4 is 70.9 Å². The van der Waals surface area contributed by atoms with E-state index in [1.54, 1.807) is 18.2 Å². The first kappa shape index (κ1) is 28.2. The summed E-state index contributed by atoms with van der Waals surface area (Å²) in [5, 5.41) is 10.1. The first-order valence-corrected chi connectivity index (χ1v) is 20.6. The highest BCUT2D eigenvalue weighted by Crippen LogP contribution is 2.82. The maximum absolute atomic E-state index is 7.18. The molecule has 0 radical (unpaired) electrons. The van der Waals surface area contributed by atoms with Gasteiger partial charge in [-0.15, -0.1) is 0 Å². The number of hydrogen-bond donors (Lipinski definition) is 3. The first-order valence-electron chi connectivity index (χ1n) is 12.8. The van der Waals surface area contributed by atoms with Crippen LogP contribution in [0.4, 0.5) is 17.1 Å². The highest BCUT2D eigenvalue weighted by atomic mass is 35.9. The number of fused-ring (bicyclic) bond motifs is 3. The predicted molar refractivity (Wildman–Crippen MR) is 169 cm³/mol. The van der Waals surface area contributed by atoms with Crippen LogP contribution in [0.15, 0.2) is 68.1 Å². The van der Waals surface area contributed by atoms with Gasteiger partial charge in [-0.3, -0.25) is 0 Å². The molecule has 12 nitrogen and oxygen atoms in total. The van der Waals surface area contributed by atoms with Crippen molar-refractivity contribution in [2.45, 2.75) is 0 Å². The fourth-order valence-corrected chi connectivity index (χ4v) is 18.5. The molecule has 0 aromatic heterocycles. The number of nitrogens with zero attached hydrogens (tertiary/aromatic N) is 3. The van der Waals surface area contributed by atoms with E-state index in [9.17, 15) is 0 Å². The molecule has 42 heavy (non-hydrogen) atoms. The minimum absolute atomic E-state index is 0.438. The fraction of sp³-hybridized carbons (Fsp3) is 0.250. The first-order chi connectivity index (χ1) is 20.3. The lowest BCUT2D eigenvalue weighted by Crippen LogP contribution is -2.16. The zero-order chi connectivity index (χ0) is 28.8. The van der Waals surface area contributed by atoms with Crippen LogP contribution >= 0.6 is 53.8 Å². The Labute approximate surface area is 256 Å². The fourth-order valence-electron chi connectivity index (χ4n) is 4.55. The Balaban J connectivity index is 1.31. The number of rotatable bonds is 6. The number of anilines is 3. The summed E-state index contributed by atoms with van der Waals surface area (Å²) in [6.07, 6.45) is 0. The molecule has 4 heterocycles. The molecule has 3 N–H and O–H groups in total. The quantitative estimate of drug-likeness (QED) is 0.217. The molecule has 0 spiro atoms. The van der Waals surface area contributed by atoms with Gasteiger partial charge in [0.2, 0.25) is 0 Å². The molecule has 0 aliphatic carbocycles. The van der Waals surface area contributed by atoms with E-state index in [0.29, 0.717) is 91.2 Å². The summed E-state index contributed by atoms with van der Waals surface area (Å²) < 4.78 is 48.7. The van der Waals surface area contributed by atoms with Gasteiger partial charge in [0.25, 0.3) is 20.1 Å². The molecule has 0 fully saturated rings. The molecule has 0 saturated carbocycles. The van der Waals surface area contributed by atoms with Gasteiger partial charge < -0.3 is 43.7 Å². The molecule has 222 valence electrons. The van der Waals surface area contributed by atoms with Crippen LogP contribution in [0.25, 0.3) is 0 Å². The van der Waals surface area contributed by atoms with Crippen molar-refractivity contribution in [2.75, 3.05) is 54.9 Å². The monoisotopic (exact) mass is 690 g/mol. The minimum atomic E-state index is -3.35. The van der Waals surface area contributed by atoms with Crippen LogP contribution in [0, 0.1) is 0 Å². The normalized spacial score (nSPS) is 22.4. The largest absolute Gasteiger partial charge is 0.486 e. The molecular weight excluding hydrogens is 668 g/mol. The summed E-state index contributed by atoms with van der Waals surface area (Å²) in [6.45, 7) is -0.552. The molecule has 0 saturated heterocycles. The Kier molecular flexibility index (Phi) is 7.50. The zero-order valence-electron chi connectivity index (χ0n) is 21.7. The van der Waals surface area contributed by atoms with Crippen molar-refractivity contribution in [3.63, 3.8) is 0 Å². The summed E-state index contributed by atoms with van der Waals surface area (Å²) in [5.74, 6) is 0.332. The van der Waals surface area contributed by atoms with Gasteiger partial charge >= 0.3 is 0 Å². The zero-order valence-corrected chi connectivity index (χ0v) is 26.7. The second-order valence-corrected chi connectivity index (χ2v) is 20.0. The Morgan fingerprint density at radius 3 is 1.29 bits per heavy atom. The molecular formula is C24H24Cl3N6O6P3. The van der Waals surface area contributed by atoms with E-state index in [4.69, 9.17) is 71.2 Å². The van der Waals surface area contributed by atoms with Crippen LogP contribution in [0.3, 0.4) is 0 Å². The van der Waals surface area contributed by atoms with E-state index >= 15 is 0 Å². The standard InChI is InChI=1S/C24H24Cl3N6O6P3/c25-40(26)31-41(27,28-16-1-4-19-22(13-16)37-10-7-34-19)33-42(32-40,29-17-2-5-20-23(14-17)38-11-8-35-20)30-18-3-6-21-24(15-18)39-12-9-36-21/h1-6,13-15,28-30H,7-12H2. The van der Waals surface area contributed by atoms with Crippen LogP contribution in [-0.2, 0) is 0 Å². The predicted octanol–water partition coefficient (Wildman–Crippen LogP) is 9.20. The number of benzene rings is 3. The van der Waals surface area contributed by atoms with Gasteiger partial charge in [0, 0.05) is 35.3 Å². The Morgan fingerprint density at radius 1 is 0.476 bits per heavy atom. The van der Waals surface area contributed by atoms with E-state index in [2.05, 4.69) is 19.8 Å². The third kappa shape index (κ3) is 6.07. The van der Waals surface area contributed by atoms with Crippen LogP contribution < -0.4 is 43.7 Å². The molecule has 1 atom stereocenters. The summed E-state index contributed by atoms with van der Waals surface area (Å²) in [6, 6.07) is 16.3. The minimum Gasteiger partial charge on any atom is -0.486 e.